The van der Waals surface area contributed by atoms with Crippen molar-refractivity contribution in [2.24, 2.45) is 11.7 Å². The molecule has 0 fully saturated rings. The predicted molar refractivity (Wildman–Crippen MR) is 46.4 cm³/mol. The Bertz CT molecular complexity index is 242. The van der Waals surface area contributed by atoms with E-state index in [1.165, 1.54) is 0 Å². The summed E-state index contributed by atoms with van der Waals surface area (Å²) in [6, 6.07) is 3.48. The molecular weight excluding hydrogens is 154 g/mol. The summed E-state index contributed by atoms with van der Waals surface area (Å²) in [5, 5.41) is 8.74. The Morgan fingerprint density at radius 1 is 1.50 bits per heavy atom. The number of hydrogen-bond acceptors (Lipinski definition) is 3. The van der Waals surface area contributed by atoms with Crippen LogP contribution in [0.25, 0.3) is 0 Å². The van der Waals surface area contributed by atoms with Crippen LogP contribution >= 0.6 is 0 Å². The maximum atomic E-state index is 8.74. The molecule has 0 amide bonds. The summed E-state index contributed by atoms with van der Waals surface area (Å²) in [7, 11) is 0. The van der Waals surface area contributed by atoms with Crippen molar-refractivity contribution in [1.82, 2.24) is 0 Å². The highest BCUT2D eigenvalue weighted by Crippen LogP contribution is 2.20. The lowest BCUT2D eigenvalue weighted by molar-refractivity contribution is 0.239. The highest BCUT2D eigenvalue weighted by Gasteiger charge is 2.13. The lowest BCUT2D eigenvalue weighted by atomic mass is 10.0. The van der Waals surface area contributed by atoms with Gasteiger partial charge in [-0.15, -0.1) is 0 Å². The second kappa shape index (κ2) is 3.74. The minimum Gasteiger partial charge on any atom is -0.462 e. The molecule has 12 heavy (non-hydrogen) atoms. The summed E-state index contributed by atoms with van der Waals surface area (Å²) in [4.78, 5) is 0. The molecule has 0 saturated carbocycles. The molecule has 1 rings (SSSR count). The van der Waals surface area contributed by atoms with Crippen molar-refractivity contribution < 1.29 is 9.52 Å². The Balaban J connectivity index is 2.74. The molecule has 0 bridgehead atoms. The zero-order valence-corrected chi connectivity index (χ0v) is 7.45. The summed E-state index contributed by atoms with van der Waals surface area (Å²) in [6.45, 7) is 4.00. The Labute approximate surface area is 72.2 Å². The molecule has 1 aromatic rings. The molecule has 0 saturated heterocycles. The van der Waals surface area contributed by atoms with Crippen LogP contribution < -0.4 is 5.73 Å². The van der Waals surface area contributed by atoms with Crippen LogP contribution in [0.4, 0.5) is 0 Å². The van der Waals surface area contributed by atoms with Crippen LogP contribution in [0.3, 0.4) is 0 Å². The van der Waals surface area contributed by atoms with Gasteiger partial charge >= 0.3 is 0 Å². The van der Waals surface area contributed by atoms with E-state index in [9.17, 15) is 0 Å². The molecule has 3 N–H and O–H groups in total. The number of furan rings is 1. The van der Waals surface area contributed by atoms with Gasteiger partial charge in [0.05, 0.1) is 6.04 Å². The van der Waals surface area contributed by atoms with Gasteiger partial charge in [-0.1, -0.05) is 13.8 Å². The van der Waals surface area contributed by atoms with Gasteiger partial charge in [0.15, 0.2) is 0 Å². The fourth-order valence-corrected chi connectivity index (χ4v) is 0.987. The van der Waals surface area contributed by atoms with Gasteiger partial charge in [0, 0.05) is 0 Å². The molecule has 0 spiro atoms. The van der Waals surface area contributed by atoms with Gasteiger partial charge in [0.1, 0.15) is 18.1 Å². The third-order valence-electron chi connectivity index (χ3n) is 1.89. The van der Waals surface area contributed by atoms with Crippen molar-refractivity contribution in [2.45, 2.75) is 26.5 Å². The quantitative estimate of drug-likeness (QED) is 0.719. The molecule has 1 atom stereocenters. The summed E-state index contributed by atoms with van der Waals surface area (Å²) >= 11 is 0. The molecule has 1 aromatic heterocycles. The smallest absolute Gasteiger partial charge is 0.129 e. The van der Waals surface area contributed by atoms with Crippen LogP contribution in [-0.4, -0.2) is 5.11 Å². The maximum Gasteiger partial charge on any atom is 0.129 e. The topological polar surface area (TPSA) is 59.4 Å². The van der Waals surface area contributed by atoms with Crippen molar-refractivity contribution >= 4 is 0 Å². The van der Waals surface area contributed by atoms with Gasteiger partial charge in [-0.05, 0) is 18.1 Å². The minimum absolute atomic E-state index is 0.0647. The van der Waals surface area contributed by atoms with Gasteiger partial charge in [-0.3, -0.25) is 0 Å². The van der Waals surface area contributed by atoms with Crippen molar-refractivity contribution in [3.8, 4) is 0 Å². The number of nitrogens with two attached hydrogens (primary N) is 1. The first-order valence-electron chi connectivity index (χ1n) is 4.10. The van der Waals surface area contributed by atoms with E-state index < -0.39 is 0 Å². The average molecular weight is 169 g/mol. The third-order valence-corrected chi connectivity index (χ3v) is 1.89. The molecule has 0 radical (unpaired) electrons. The molecular formula is C9H15NO2. The fourth-order valence-electron chi connectivity index (χ4n) is 0.987. The Kier molecular flexibility index (Phi) is 2.89. The van der Waals surface area contributed by atoms with Gasteiger partial charge in [0.25, 0.3) is 0 Å². The lowest BCUT2D eigenvalue weighted by Gasteiger charge is -2.11. The highest BCUT2D eigenvalue weighted by molar-refractivity contribution is 5.10. The van der Waals surface area contributed by atoms with Crippen LogP contribution in [0.5, 0.6) is 0 Å². The normalized spacial score (nSPS) is 13.8. The first kappa shape index (κ1) is 9.29. The van der Waals surface area contributed by atoms with E-state index in [0.717, 1.165) is 5.76 Å². The van der Waals surface area contributed by atoms with E-state index in [-0.39, 0.29) is 12.6 Å². The van der Waals surface area contributed by atoms with E-state index in [1.807, 2.05) is 19.9 Å². The summed E-state index contributed by atoms with van der Waals surface area (Å²) < 4.78 is 5.28. The molecule has 0 unspecified atom stereocenters. The molecule has 0 aliphatic rings. The van der Waals surface area contributed by atoms with Crippen molar-refractivity contribution in [3.05, 3.63) is 23.7 Å². The van der Waals surface area contributed by atoms with Crippen LogP contribution in [0.15, 0.2) is 16.5 Å². The summed E-state index contributed by atoms with van der Waals surface area (Å²) in [5.41, 5.74) is 5.83. The number of rotatable bonds is 3. The van der Waals surface area contributed by atoms with Crippen LogP contribution in [0, 0.1) is 5.92 Å². The van der Waals surface area contributed by atoms with Crippen LogP contribution in [0.1, 0.15) is 31.4 Å². The van der Waals surface area contributed by atoms with Gasteiger partial charge in [0.2, 0.25) is 0 Å². The predicted octanol–water partition coefficient (Wildman–Crippen LogP) is 1.43. The van der Waals surface area contributed by atoms with E-state index in [1.54, 1.807) is 6.07 Å². The summed E-state index contributed by atoms with van der Waals surface area (Å²) in [6.07, 6.45) is 0. The van der Waals surface area contributed by atoms with Gasteiger partial charge < -0.3 is 15.3 Å². The number of hydrogen-bond donors (Lipinski definition) is 2. The first-order chi connectivity index (χ1) is 5.65. The van der Waals surface area contributed by atoms with Gasteiger partial charge in [-0.2, -0.15) is 0 Å². The second-order valence-electron chi connectivity index (χ2n) is 3.23. The van der Waals surface area contributed by atoms with Crippen molar-refractivity contribution in [3.63, 3.8) is 0 Å². The zero-order valence-electron chi connectivity index (χ0n) is 7.45. The van der Waals surface area contributed by atoms with Crippen LogP contribution in [0.2, 0.25) is 0 Å². The molecule has 3 nitrogen and oxygen atoms in total. The molecule has 0 aromatic carbocycles. The molecule has 3 heteroatoms. The highest BCUT2D eigenvalue weighted by atomic mass is 16.4. The second-order valence-corrected chi connectivity index (χ2v) is 3.23. The minimum atomic E-state index is -0.0784. The summed E-state index contributed by atoms with van der Waals surface area (Å²) in [5.74, 6) is 1.66. The molecule has 68 valence electrons. The maximum absolute atomic E-state index is 8.74. The van der Waals surface area contributed by atoms with E-state index in [2.05, 4.69) is 0 Å². The third kappa shape index (κ3) is 1.87. The standard InChI is InChI=1S/C9H15NO2/c1-6(2)9(10)8-4-3-7(5-11)12-8/h3-4,6,9,11H,5,10H2,1-2H3/t9-/m1/s1. The SMILES string of the molecule is CC(C)[C@@H](N)c1ccc(CO)o1. The Morgan fingerprint density at radius 3 is 2.58 bits per heavy atom. The monoisotopic (exact) mass is 169 g/mol. The molecule has 0 aliphatic heterocycles. The zero-order chi connectivity index (χ0) is 9.14. The van der Waals surface area contributed by atoms with Gasteiger partial charge in [-0.25, -0.2) is 0 Å². The molecule has 1 heterocycles. The van der Waals surface area contributed by atoms with E-state index in [0.29, 0.717) is 11.7 Å². The average Bonchev–Trinajstić information content (AvgIpc) is 2.50. The van der Waals surface area contributed by atoms with Crippen LogP contribution in [-0.2, 0) is 6.61 Å². The van der Waals surface area contributed by atoms with E-state index in [4.69, 9.17) is 15.3 Å². The lowest BCUT2D eigenvalue weighted by Crippen LogP contribution is -2.15. The number of aliphatic hydroxyl groups excluding tert-OH is 1. The van der Waals surface area contributed by atoms with Crippen molar-refractivity contribution in [2.75, 3.05) is 0 Å². The Hall–Kier alpha value is -0.800. The largest absolute Gasteiger partial charge is 0.462 e. The van der Waals surface area contributed by atoms with Crippen molar-refractivity contribution in [1.29, 1.82) is 0 Å². The number of aliphatic hydroxyl groups is 1. The fraction of sp³-hybridized carbons (Fsp3) is 0.556. The molecule has 0 aliphatic carbocycles. The first-order valence-corrected chi connectivity index (χ1v) is 4.10. The Morgan fingerprint density at radius 2 is 2.17 bits per heavy atom. The van der Waals surface area contributed by atoms with E-state index >= 15 is 0 Å².